The van der Waals surface area contributed by atoms with Crippen LogP contribution >= 0.6 is 11.8 Å². The predicted molar refractivity (Wildman–Crippen MR) is 68.9 cm³/mol. The van der Waals surface area contributed by atoms with Gasteiger partial charge in [-0.1, -0.05) is 16.9 Å². The van der Waals surface area contributed by atoms with Crippen LogP contribution in [0.5, 0.6) is 0 Å². The molecule has 1 aliphatic carbocycles. The Hall–Kier alpha value is -1.44. The highest BCUT2D eigenvalue weighted by Crippen LogP contribution is 2.51. The lowest BCUT2D eigenvalue weighted by molar-refractivity contribution is 0.315. The summed E-state index contributed by atoms with van der Waals surface area (Å²) in [6, 6.07) is 0. The van der Waals surface area contributed by atoms with E-state index in [2.05, 4.69) is 15.4 Å². The van der Waals surface area contributed by atoms with Crippen LogP contribution < -0.4 is 11.4 Å². The summed E-state index contributed by atoms with van der Waals surface area (Å²) in [7, 11) is 0. The van der Waals surface area contributed by atoms with Crippen molar-refractivity contribution in [1.82, 2.24) is 14.8 Å². The first kappa shape index (κ1) is 13.0. The molecule has 1 heterocycles. The molecule has 0 radical (unpaired) electrons. The molecule has 100 valence electrons. The number of aromatic nitrogens is 3. The number of thioether (sulfide) groups is 1. The Kier molecular flexibility index (Phi) is 3.65. The Balaban J connectivity index is 1.97. The first-order valence-corrected chi connectivity index (χ1v) is 6.83. The summed E-state index contributed by atoms with van der Waals surface area (Å²) in [5.74, 6) is 1.09. The van der Waals surface area contributed by atoms with Gasteiger partial charge in [0.1, 0.15) is 5.84 Å². The van der Waals surface area contributed by atoms with E-state index in [4.69, 9.17) is 10.9 Å². The molecule has 0 atom stereocenters. The lowest BCUT2D eigenvalue weighted by Gasteiger charge is -2.12. The first-order chi connectivity index (χ1) is 8.60. The maximum atomic E-state index is 11.4. The summed E-state index contributed by atoms with van der Waals surface area (Å²) in [5, 5.41) is 18.7. The molecular weight excluding hydrogens is 254 g/mol. The molecule has 7 nitrogen and oxygen atoms in total. The Morgan fingerprint density at radius 3 is 3.00 bits per heavy atom. The van der Waals surface area contributed by atoms with Crippen LogP contribution in [0.2, 0.25) is 0 Å². The monoisotopic (exact) mass is 271 g/mol. The number of hydrogen-bond acceptors (Lipinski definition) is 5. The zero-order valence-electron chi connectivity index (χ0n) is 10.2. The fraction of sp³-hybridized carbons (Fsp3) is 0.700. The molecule has 18 heavy (non-hydrogen) atoms. The number of rotatable bonds is 6. The highest BCUT2D eigenvalue weighted by Gasteiger charge is 2.43. The Bertz CT molecular complexity index is 503. The molecule has 0 aromatic carbocycles. The van der Waals surface area contributed by atoms with Crippen molar-refractivity contribution in [3.63, 3.8) is 0 Å². The Morgan fingerprint density at radius 2 is 2.44 bits per heavy atom. The Labute approximate surface area is 108 Å². The van der Waals surface area contributed by atoms with Gasteiger partial charge in [0.05, 0.1) is 0 Å². The SMILES string of the molecule is CCn1c(SCC2(CC(N)=NO)CC2)n[nH]c1=O. The summed E-state index contributed by atoms with van der Waals surface area (Å²) in [6.45, 7) is 2.51. The normalized spacial score (nSPS) is 17.9. The number of nitrogens with two attached hydrogens (primary N) is 1. The topological polar surface area (TPSA) is 109 Å². The maximum Gasteiger partial charge on any atom is 0.343 e. The highest BCUT2D eigenvalue weighted by molar-refractivity contribution is 7.99. The van der Waals surface area contributed by atoms with Crippen LogP contribution in [0.3, 0.4) is 0 Å². The molecule has 1 aromatic rings. The molecule has 1 saturated carbocycles. The molecule has 0 aliphatic heterocycles. The number of hydrogen-bond donors (Lipinski definition) is 3. The zero-order valence-corrected chi connectivity index (χ0v) is 11.0. The van der Waals surface area contributed by atoms with E-state index in [1.807, 2.05) is 6.92 Å². The van der Waals surface area contributed by atoms with E-state index >= 15 is 0 Å². The van der Waals surface area contributed by atoms with Gasteiger partial charge in [0.25, 0.3) is 0 Å². The third-order valence-electron chi connectivity index (χ3n) is 3.19. The average Bonchev–Trinajstić information content (AvgIpc) is 3.03. The molecule has 8 heteroatoms. The van der Waals surface area contributed by atoms with Gasteiger partial charge in [-0.15, -0.1) is 5.10 Å². The lowest BCUT2D eigenvalue weighted by Crippen LogP contribution is -2.20. The van der Waals surface area contributed by atoms with Crippen molar-refractivity contribution in [3.05, 3.63) is 10.5 Å². The number of nitrogens with zero attached hydrogens (tertiary/aromatic N) is 3. The standard InChI is InChI=1S/C10H17N5O2S/c1-2-15-8(16)12-13-9(15)18-6-10(3-4-10)5-7(11)14-17/h17H,2-6H2,1H3,(H2,11,14)(H,12,16). The van der Waals surface area contributed by atoms with Gasteiger partial charge in [0.2, 0.25) is 0 Å². The van der Waals surface area contributed by atoms with Gasteiger partial charge < -0.3 is 10.9 Å². The third-order valence-corrected chi connectivity index (χ3v) is 4.52. The summed E-state index contributed by atoms with van der Waals surface area (Å²) in [5.41, 5.74) is 5.47. The number of H-pyrrole nitrogens is 1. The molecule has 1 fully saturated rings. The van der Waals surface area contributed by atoms with Crippen LogP contribution in [0.15, 0.2) is 15.1 Å². The van der Waals surface area contributed by atoms with Gasteiger partial charge in [-0.3, -0.25) is 4.57 Å². The fourth-order valence-electron chi connectivity index (χ4n) is 1.88. The van der Waals surface area contributed by atoms with Crippen LogP contribution in [-0.4, -0.2) is 31.6 Å². The van der Waals surface area contributed by atoms with E-state index in [9.17, 15) is 4.79 Å². The number of amidine groups is 1. The first-order valence-electron chi connectivity index (χ1n) is 5.84. The van der Waals surface area contributed by atoms with Crippen molar-refractivity contribution < 1.29 is 5.21 Å². The summed E-state index contributed by atoms with van der Waals surface area (Å²) >= 11 is 1.54. The van der Waals surface area contributed by atoms with Crippen LogP contribution in [0.25, 0.3) is 0 Å². The lowest BCUT2D eigenvalue weighted by atomic mass is 10.1. The van der Waals surface area contributed by atoms with Gasteiger partial charge >= 0.3 is 5.69 Å². The molecule has 0 bridgehead atoms. The second-order valence-electron chi connectivity index (χ2n) is 4.61. The van der Waals surface area contributed by atoms with E-state index in [-0.39, 0.29) is 16.9 Å². The average molecular weight is 271 g/mol. The third kappa shape index (κ3) is 2.69. The second kappa shape index (κ2) is 5.05. The van der Waals surface area contributed by atoms with Crippen molar-refractivity contribution in [2.24, 2.45) is 16.3 Å². The van der Waals surface area contributed by atoms with E-state index in [0.29, 0.717) is 18.1 Å². The number of nitrogens with one attached hydrogen (secondary N) is 1. The van der Waals surface area contributed by atoms with Crippen LogP contribution in [-0.2, 0) is 6.54 Å². The number of aromatic amines is 1. The minimum Gasteiger partial charge on any atom is -0.409 e. The van der Waals surface area contributed by atoms with Crippen LogP contribution in [0, 0.1) is 5.41 Å². The van der Waals surface area contributed by atoms with Gasteiger partial charge in [0, 0.05) is 18.7 Å². The van der Waals surface area contributed by atoms with Crippen molar-refractivity contribution in [2.75, 3.05) is 5.75 Å². The van der Waals surface area contributed by atoms with Gasteiger partial charge in [-0.25, -0.2) is 9.89 Å². The van der Waals surface area contributed by atoms with Gasteiger partial charge in [-0.2, -0.15) is 0 Å². The fourth-order valence-corrected chi connectivity index (χ4v) is 3.18. The van der Waals surface area contributed by atoms with Crippen molar-refractivity contribution >= 4 is 17.6 Å². The van der Waals surface area contributed by atoms with Crippen LogP contribution in [0.4, 0.5) is 0 Å². The summed E-state index contributed by atoms with van der Waals surface area (Å²) in [6.07, 6.45) is 2.73. The minimum atomic E-state index is -0.179. The summed E-state index contributed by atoms with van der Waals surface area (Å²) < 4.78 is 1.60. The van der Waals surface area contributed by atoms with Crippen LogP contribution in [0.1, 0.15) is 26.2 Å². The molecule has 0 spiro atoms. The summed E-state index contributed by atoms with van der Waals surface area (Å²) in [4.78, 5) is 11.4. The zero-order chi connectivity index (χ0) is 13.2. The molecule has 1 aromatic heterocycles. The molecule has 2 rings (SSSR count). The van der Waals surface area contributed by atoms with Crippen molar-refractivity contribution in [2.45, 2.75) is 37.9 Å². The van der Waals surface area contributed by atoms with E-state index in [1.165, 1.54) is 0 Å². The predicted octanol–water partition coefficient (Wildman–Crippen LogP) is 0.600. The van der Waals surface area contributed by atoms with E-state index in [0.717, 1.165) is 18.6 Å². The smallest absolute Gasteiger partial charge is 0.343 e. The van der Waals surface area contributed by atoms with Gasteiger partial charge in [-0.05, 0) is 25.2 Å². The molecular formula is C10H17N5O2S. The van der Waals surface area contributed by atoms with Gasteiger partial charge in [0.15, 0.2) is 5.16 Å². The van der Waals surface area contributed by atoms with E-state index in [1.54, 1.807) is 16.3 Å². The molecule has 0 unspecified atom stereocenters. The van der Waals surface area contributed by atoms with E-state index < -0.39 is 0 Å². The largest absolute Gasteiger partial charge is 0.409 e. The van der Waals surface area contributed by atoms with Crippen molar-refractivity contribution in [3.8, 4) is 0 Å². The molecule has 0 amide bonds. The highest BCUT2D eigenvalue weighted by atomic mass is 32.2. The minimum absolute atomic E-state index is 0.106. The quantitative estimate of drug-likeness (QED) is 0.231. The molecule has 4 N–H and O–H groups in total. The number of oxime groups is 1. The Morgan fingerprint density at radius 1 is 1.72 bits per heavy atom. The van der Waals surface area contributed by atoms with Crippen molar-refractivity contribution in [1.29, 1.82) is 0 Å². The molecule has 1 aliphatic rings. The molecule has 0 saturated heterocycles. The second-order valence-corrected chi connectivity index (χ2v) is 5.55. The maximum absolute atomic E-state index is 11.4.